The van der Waals surface area contributed by atoms with E-state index in [0.29, 0.717) is 35.6 Å². The van der Waals surface area contributed by atoms with Crippen LogP contribution in [0.5, 0.6) is 0 Å². The first-order valence-electron chi connectivity index (χ1n) is 11.0. The predicted octanol–water partition coefficient (Wildman–Crippen LogP) is 4.43. The van der Waals surface area contributed by atoms with Crippen LogP contribution in [-0.2, 0) is 10.2 Å². The normalized spacial score (nSPS) is 14.9. The standard InChI is InChI=1S/C26H24N4O3S/c1-17-7-9-20(16-23(17)25-12-8-19-5-3-4-6-24(19)29-25)28-26(31)22-11-10-21(15-18(22)2)30-14-13-27-34(30,32)33/h3-12,15-16,27H,13-14H2,1-2H3,(H,28,31). The minimum Gasteiger partial charge on any atom is -0.322 e. The molecule has 1 aromatic heterocycles. The van der Waals surface area contributed by atoms with Gasteiger partial charge in [0, 0.05) is 35.3 Å². The third-order valence-electron chi connectivity index (χ3n) is 6.00. The average Bonchev–Trinajstić information content (AvgIpc) is 3.18. The molecular weight excluding hydrogens is 448 g/mol. The van der Waals surface area contributed by atoms with Gasteiger partial charge in [-0.3, -0.25) is 9.10 Å². The van der Waals surface area contributed by atoms with Crippen molar-refractivity contribution in [1.29, 1.82) is 0 Å². The van der Waals surface area contributed by atoms with Crippen LogP contribution in [0.3, 0.4) is 0 Å². The second-order valence-corrected chi connectivity index (χ2v) is 10.0. The second kappa shape index (κ2) is 8.55. The molecule has 0 aliphatic carbocycles. The van der Waals surface area contributed by atoms with Gasteiger partial charge in [-0.2, -0.15) is 13.1 Å². The molecule has 0 unspecified atom stereocenters. The quantitative estimate of drug-likeness (QED) is 0.460. The summed E-state index contributed by atoms with van der Waals surface area (Å²) in [5.74, 6) is -0.257. The molecule has 1 aliphatic heterocycles. The Balaban J connectivity index is 1.41. The van der Waals surface area contributed by atoms with Crippen LogP contribution in [0.15, 0.2) is 72.8 Å². The number of anilines is 2. The zero-order valence-corrected chi connectivity index (χ0v) is 19.7. The molecule has 3 aromatic carbocycles. The van der Waals surface area contributed by atoms with Crippen molar-refractivity contribution in [3.05, 3.63) is 89.5 Å². The molecule has 0 spiro atoms. The number of hydrogen-bond donors (Lipinski definition) is 2. The molecule has 0 saturated carbocycles. The zero-order chi connectivity index (χ0) is 23.9. The Bertz CT molecular complexity index is 1530. The fourth-order valence-corrected chi connectivity index (χ4v) is 5.42. The van der Waals surface area contributed by atoms with Crippen molar-refractivity contribution >= 4 is 38.4 Å². The van der Waals surface area contributed by atoms with E-state index < -0.39 is 10.2 Å². The lowest BCUT2D eigenvalue weighted by atomic mass is 10.0. The number of hydrogen-bond acceptors (Lipinski definition) is 4. The van der Waals surface area contributed by atoms with Gasteiger partial charge in [0.05, 0.1) is 16.9 Å². The van der Waals surface area contributed by atoms with Crippen LogP contribution in [0.4, 0.5) is 11.4 Å². The molecule has 7 nitrogen and oxygen atoms in total. The Hall–Kier alpha value is -3.75. The van der Waals surface area contributed by atoms with Crippen LogP contribution in [0, 0.1) is 13.8 Å². The van der Waals surface area contributed by atoms with Crippen LogP contribution in [-0.4, -0.2) is 32.4 Å². The Morgan fingerprint density at radius 3 is 2.56 bits per heavy atom. The summed E-state index contributed by atoms with van der Waals surface area (Å²) < 4.78 is 28.0. The summed E-state index contributed by atoms with van der Waals surface area (Å²) in [5, 5.41) is 4.04. The fraction of sp³-hybridized carbons (Fsp3) is 0.154. The lowest BCUT2D eigenvalue weighted by molar-refractivity contribution is 0.102. The van der Waals surface area contributed by atoms with E-state index in [-0.39, 0.29) is 5.91 Å². The van der Waals surface area contributed by atoms with E-state index in [1.54, 1.807) is 25.1 Å². The molecule has 1 amide bonds. The van der Waals surface area contributed by atoms with Gasteiger partial charge in [0.15, 0.2) is 0 Å². The summed E-state index contributed by atoms with van der Waals surface area (Å²) in [6, 6.07) is 22.8. The van der Waals surface area contributed by atoms with Crippen molar-refractivity contribution in [3.8, 4) is 11.3 Å². The Kier molecular flexibility index (Phi) is 5.55. The molecule has 1 aliphatic rings. The van der Waals surface area contributed by atoms with Gasteiger partial charge in [0.2, 0.25) is 0 Å². The minimum atomic E-state index is -3.51. The van der Waals surface area contributed by atoms with Crippen molar-refractivity contribution < 1.29 is 13.2 Å². The second-order valence-electron chi connectivity index (χ2n) is 8.34. The zero-order valence-electron chi connectivity index (χ0n) is 18.9. The minimum absolute atomic E-state index is 0.257. The molecular formula is C26H24N4O3S. The van der Waals surface area contributed by atoms with Crippen molar-refractivity contribution in [3.63, 3.8) is 0 Å². The number of nitrogens with zero attached hydrogens (tertiary/aromatic N) is 2. The Morgan fingerprint density at radius 2 is 1.79 bits per heavy atom. The maximum Gasteiger partial charge on any atom is 0.301 e. The van der Waals surface area contributed by atoms with E-state index in [0.717, 1.165) is 27.7 Å². The first-order chi connectivity index (χ1) is 16.3. The molecule has 0 atom stereocenters. The van der Waals surface area contributed by atoms with Crippen molar-refractivity contribution in [1.82, 2.24) is 9.71 Å². The third kappa shape index (κ3) is 4.13. The highest BCUT2D eigenvalue weighted by atomic mass is 32.2. The molecule has 1 saturated heterocycles. The number of aromatic nitrogens is 1. The number of benzene rings is 3. The summed E-state index contributed by atoms with van der Waals surface area (Å²) in [7, 11) is -3.51. The van der Waals surface area contributed by atoms with Crippen LogP contribution in [0.1, 0.15) is 21.5 Å². The monoisotopic (exact) mass is 472 g/mol. The molecule has 4 aromatic rings. The van der Waals surface area contributed by atoms with Gasteiger partial charge in [0.1, 0.15) is 0 Å². The number of para-hydroxylation sites is 1. The van der Waals surface area contributed by atoms with Crippen LogP contribution in [0.2, 0.25) is 0 Å². The summed E-state index contributed by atoms with van der Waals surface area (Å²) in [4.78, 5) is 17.8. The number of amides is 1. The van der Waals surface area contributed by atoms with E-state index in [4.69, 9.17) is 4.98 Å². The summed E-state index contributed by atoms with van der Waals surface area (Å²) in [6.45, 7) is 4.55. The summed E-state index contributed by atoms with van der Waals surface area (Å²) in [5.41, 5.74) is 6.14. The topological polar surface area (TPSA) is 91.4 Å². The Labute approximate surface area is 198 Å². The van der Waals surface area contributed by atoms with Crippen molar-refractivity contribution in [2.45, 2.75) is 13.8 Å². The number of nitrogens with one attached hydrogen (secondary N) is 2. The number of aryl methyl sites for hydroxylation is 2. The first kappa shape index (κ1) is 22.1. The van der Waals surface area contributed by atoms with Gasteiger partial charge < -0.3 is 5.32 Å². The van der Waals surface area contributed by atoms with E-state index in [9.17, 15) is 13.2 Å². The molecule has 0 radical (unpaired) electrons. The van der Waals surface area contributed by atoms with E-state index >= 15 is 0 Å². The van der Waals surface area contributed by atoms with Gasteiger partial charge in [-0.05, 0) is 67.4 Å². The lowest BCUT2D eigenvalue weighted by Crippen LogP contribution is -2.29. The molecule has 34 heavy (non-hydrogen) atoms. The summed E-state index contributed by atoms with van der Waals surface area (Å²) >= 11 is 0. The fourth-order valence-electron chi connectivity index (χ4n) is 4.19. The SMILES string of the molecule is Cc1cc(N2CCNS2(=O)=O)ccc1C(=O)Nc1ccc(C)c(-c2ccc3ccccc3n2)c1. The molecule has 1 fully saturated rings. The smallest absolute Gasteiger partial charge is 0.301 e. The van der Waals surface area contributed by atoms with Crippen LogP contribution >= 0.6 is 0 Å². The summed E-state index contributed by atoms with van der Waals surface area (Å²) in [6.07, 6.45) is 0. The van der Waals surface area contributed by atoms with Gasteiger partial charge in [-0.15, -0.1) is 0 Å². The number of rotatable bonds is 4. The number of pyridine rings is 1. The highest BCUT2D eigenvalue weighted by molar-refractivity contribution is 7.91. The largest absolute Gasteiger partial charge is 0.322 e. The van der Waals surface area contributed by atoms with E-state index in [1.807, 2.05) is 61.5 Å². The van der Waals surface area contributed by atoms with Crippen LogP contribution < -0.4 is 14.3 Å². The maximum atomic E-state index is 13.0. The number of carbonyl (C=O) groups is 1. The van der Waals surface area contributed by atoms with Crippen molar-refractivity contribution in [2.75, 3.05) is 22.7 Å². The number of carbonyl (C=O) groups excluding carboxylic acids is 1. The average molecular weight is 473 g/mol. The van der Waals surface area contributed by atoms with Crippen molar-refractivity contribution in [2.24, 2.45) is 0 Å². The molecule has 0 bridgehead atoms. The molecule has 2 N–H and O–H groups in total. The van der Waals surface area contributed by atoms with Gasteiger partial charge >= 0.3 is 10.2 Å². The first-order valence-corrected chi connectivity index (χ1v) is 12.4. The van der Waals surface area contributed by atoms with Crippen LogP contribution in [0.25, 0.3) is 22.2 Å². The van der Waals surface area contributed by atoms with Gasteiger partial charge in [0.25, 0.3) is 5.91 Å². The molecule has 172 valence electrons. The predicted molar refractivity (Wildman–Crippen MR) is 135 cm³/mol. The molecule has 8 heteroatoms. The molecule has 5 rings (SSSR count). The lowest BCUT2D eigenvalue weighted by Gasteiger charge is -2.17. The van der Waals surface area contributed by atoms with E-state index in [1.165, 1.54) is 4.31 Å². The van der Waals surface area contributed by atoms with E-state index in [2.05, 4.69) is 10.0 Å². The van der Waals surface area contributed by atoms with Gasteiger partial charge in [-0.25, -0.2) is 4.98 Å². The number of fused-ring (bicyclic) bond motifs is 1. The molecule has 2 heterocycles. The van der Waals surface area contributed by atoms with Gasteiger partial charge in [-0.1, -0.05) is 30.3 Å². The Morgan fingerprint density at radius 1 is 0.971 bits per heavy atom. The third-order valence-corrected chi connectivity index (χ3v) is 7.54. The highest BCUT2D eigenvalue weighted by Gasteiger charge is 2.28. The maximum absolute atomic E-state index is 13.0. The highest BCUT2D eigenvalue weighted by Crippen LogP contribution is 2.28.